The van der Waals surface area contributed by atoms with E-state index in [2.05, 4.69) is 5.32 Å². The number of aliphatic hydroxyl groups is 1. The maximum atomic E-state index is 11.2. The van der Waals surface area contributed by atoms with Crippen LogP contribution in [-0.4, -0.2) is 23.2 Å². The topological polar surface area (TPSA) is 49.3 Å². The number of piperidine rings is 1. The van der Waals surface area contributed by atoms with E-state index in [1.807, 2.05) is 30.3 Å². The molecule has 3 heteroatoms. The SMILES string of the molecule is O=C1CCC[C@H]([C@H](O)Cc2ccccc2)N1. The highest BCUT2D eigenvalue weighted by Crippen LogP contribution is 2.14. The van der Waals surface area contributed by atoms with E-state index in [0.717, 1.165) is 18.4 Å². The molecule has 1 aliphatic rings. The van der Waals surface area contributed by atoms with Gasteiger partial charge in [-0.3, -0.25) is 4.79 Å². The Morgan fingerprint density at radius 3 is 2.81 bits per heavy atom. The molecule has 86 valence electrons. The van der Waals surface area contributed by atoms with Crippen molar-refractivity contribution in [3.8, 4) is 0 Å². The van der Waals surface area contributed by atoms with Crippen molar-refractivity contribution in [3.05, 3.63) is 35.9 Å². The van der Waals surface area contributed by atoms with Crippen LogP contribution in [0.2, 0.25) is 0 Å². The van der Waals surface area contributed by atoms with Crippen LogP contribution in [0.3, 0.4) is 0 Å². The summed E-state index contributed by atoms with van der Waals surface area (Å²) in [4.78, 5) is 11.2. The number of carbonyl (C=O) groups is 1. The first-order valence-corrected chi connectivity index (χ1v) is 5.77. The van der Waals surface area contributed by atoms with Crippen LogP contribution in [0.1, 0.15) is 24.8 Å². The number of nitrogens with one attached hydrogen (secondary N) is 1. The molecule has 1 aromatic carbocycles. The van der Waals surface area contributed by atoms with Gasteiger partial charge in [0.2, 0.25) is 5.91 Å². The van der Waals surface area contributed by atoms with Crippen molar-refractivity contribution in [1.82, 2.24) is 5.32 Å². The first-order chi connectivity index (χ1) is 7.75. The molecule has 1 aromatic rings. The summed E-state index contributed by atoms with van der Waals surface area (Å²) >= 11 is 0. The van der Waals surface area contributed by atoms with E-state index in [1.165, 1.54) is 0 Å². The predicted octanol–water partition coefficient (Wildman–Crippen LogP) is 1.26. The van der Waals surface area contributed by atoms with E-state index in [4.69, 9.17) is 0 Å². The highest BCUT2D eigenvalue weighted by Gasteiger charge is 2.24. The summed E-state index contributed by atoms with van der Waals surface area (Å²) < 4.78 is 0. The molecule has 0 saturated carbocycles. The van der Waals surface area contributed by atoms with Crippen molar-refractivity contribution >= 4 is 5.91 Å². The molecule has 0 unspecified atom stereocenters. The van der Waals surface area contributed by atoms with E-state index in [1.54, 1.807) is 0 Å². The minimum absolute atomic E-state index is 0.0587. The lowest BCUT2D eigenvalue weighted by Crippen LogP contribution is -2.46. The fraction of sp³-hybridized carbons (Fsp3) is 0.462. The van der Waals surface area contributed by atoms with E-state index in [0.29, 0.717) is 12.8 Å². The molecule has 1 heterocycles. The molecule has 0 aliphatic carbocycles. The monoisotopic (exact) mass is 219 g/mol. The van der Waals surface area contributed by atoms with Crippen LogP contribution in [-0.2, 0) is 11.2 Å². The van der Waals surface area contributed by atoms with Gasteiger partial charge in [-0.15, -0.1) is 0 Å². The second kappa shape index (κ2) is 5.12. The van der Waals surface area contributed by atoms with Crippen molar-refractivity contribution in [2.75, 3.05) is 0 Å². The minimum Gasteiger partial charge on any atom is -0.391 e. The smallest absolute Gasteiger partial charge is 0.220 e. The molecule has 0 spiro atoms. The zero-order chi connectivity index (χ0) is 11.4. The van der Waals surface area contributed by atoms with Crippen LogP contribution in [0.5, 0.6) is 0 Å². The van der Waals surface area contributed by atoms with Gasteiger partial charge in [-0.1, -0.05) is 30.3 Å². The molecule has 2 rings (SSSR count). The molecule has 1 fully saturated rings. The maximum absolute atomic E-state index is 11.2. The summed E-state index contributed by atoms with van der Waals surface area (Å²) in [6.07, 6.45) is 2.47. The zero-order valence-electron chi connectivity index (χ0n) is 9.23. The van der Waals surface area contributed by atoms with Gasteiger partial charge >= 0.3 is 0 Å². The Kier molecular flexibility index (Phi) is 3.57. The Labute approximate surface area is 95.5 Å². The standard InChI is InChI=1S/C13H17NO2/c15-12(9-10-5-2-1-3-6-10)11-7-4-8-13(16)14-11/h1-3,5-6,11-12,15H,4,7-9H2,(H,14,16)/t11-,12-/m1/s1. The van der Waals surface area contributed by atoms with Crippen molar-refractivity contribution in [3.63, 3.8) is 0 Å². The van der Waals surface area contributed by atoms with Crippen LogP contribution in [0.15, 0.2) is 30.3 Å². The van der Waals surface area contributed by atoms with Gasteiger partial charge in [0.05, 0.1) is 12.1 Å². The summed E-state index contributed by atoms with van der Waals surface area (Å²) in [6, 6.07) is 9.78. The largest absolute Gasteiger partial charge is 0.391 e. The molecule has 1 aliphatic heterocycles. The lowest BCUT2D eigenvalue weighted by atomic mass is 9.95. The molecule has 1 amide bonds. The quantitative estimate of drug-likeness (QED) is 0.804. The maximum Gasteiger partial charge on any atom is 0.220 e. The molecule has 0 aromatic heterocycles. The van der Waals surface area contributed by atoms with Crippen LogP contribution in [0.25, 0.3) is 0 Å². The third-order valence-electron chi connectivity index (χ3n) is 3.02. The van der Waals surface area contributed by atoms with Gasteiger partial charge in [0.25, 0.3) is 0 Å². The number of aliphatic hydroxyl groups excluding tert-OH is 1. The van der Waals surface area contributed by atoms with Gasteiger partial charge in [0.1, 0.15) is 0 Å². The van der Waals surface area contributed by atoms with Gasteiger partial charge in [0, 0.05) is 12.8 Å². The summed E-state index contributed by atoms with van der Waals surface area (Å²) in [6.45, 7) is 0. The molecule has 1 saturated heterocycles. The molecule has 3 nitrogen and oxygen atoms in total. The fourth-order valence-corrected chi connectivity index (χ4v) is 2.12. The van der Waals surface area contributed by atoms with Crippen LogP contribution in [0, 0.1) is 0 Å². The number of rotatable bonds is 3. The van der Waals surface area contributed by atoms with E-state index in [9.17, 15) is 9.90 Å². The first kappa shape index (κ1) is 11.1. The Morgan fingerprint density at radius 1 is 1.38 bits per heavy atom. The zero-order valence-corrected chi connectivity index (χ0v) is 9.23. The van der Waals surface area contributed by atoms with Crippen LogP contribution < -0.4 is 5.32 Å². The summed E-state index contributed by atoms with van der Waals surface area (Å²) in [5.41, 5.74) is 1.11. The van der Waals surface area contributed by atoms with E-state index < -0.39 is 6.10 Å². The van der Waals surface area contributed by atoms with Crippen molar-refractivity contribution in [1.29, 1.82) is 0 Å². The van der Waals surface area contributed by atoms with Crippen LogP contribution >= 0.6 is 0 Å². The Hall–Kier alpha value is -1.35. The highest BCUT2D eigenvalue weighted by molar-refractivity contribution is 5.77. The van der Waals surface area contributed by atoms with Crippen molar-refractivity contribution in [2.45, 2.75) is 37.8 Å². The molecule has 0 bridgehead atoms. The normalized spacial score (nSPS) is 22.6. The molecular weight excluding hydrogens is 202 g/mol. The molecule has 2 N–H and O–H groups in total. The molecule has 0 radical (unpaired) electrons. The van der Waals surface area contributed by atoms with Crippen LogP contribution in [0.4, 0.5) is 0 Å². The highest BCUT2D eigenvalue weighted by atomic mass is 16.3. The number of carbonyl (C=O) groups excluding carboxylic acids is 1. The van der Waals surface area contributed by atoms with Gasteiger partial charge in [0.15, 0.2) is 0 Å². The van der Waals surface area contributed by atoms with E-state index in [-0.39, 0.29) is 11.9 Å². The number of hydrogen-bond donors (Lipinski definition) is 2. The van der Waals surface area contributed by atoms with Crippen molar-refractivity contribution in [2.24, 2.45) is 0 Å². The fourth-order valence-electron chi connectivity index (χ4n) is 2.12. The second-order valence-corrected chi connectivity index (χ2v) is 4.32. The van der Waals surface area contributed by atoms with Gasteiger partial charge in [-0.25, -0.2) is 0 Å². The number of hydrogen-bond acceptors (Lipinski definition) is 2. The summed E-state index contributed by atoms with van der Waals surface area (Å²) in [7, 11) is 0. The average Bonchev–Trinajstić information content (AvgIpc) is 2.30. The van der Waals surface area contributed by atoms with E-state index >= 15 is 0 Å². The average molecular weight is 219 g/mol. The minimum atomic E-state index is -0.480. The van der Waals surface area contributed by atoms with Gasteiger partial charge in [-0.2, -0.15) is 0 Å². The first-order valence-electron chi connectivity index (χ1n) is 5.77. The molecule has 16 heavy (non-hydrogen) atoms. The molecule has 2 atom stereocenters. The van der Waals surface area contributed by atoms with Crippen molar-refractivity contribution < 1.29 is 9.90 Å². The lowest BCUT2D eigenvalue weighted by molar-refractivity contribution is -0.124. The Bertz CT molecular complexity index is 350. The summed E-state index contributed by atoms with van der Waals surface area (Å²) in [5, 5.41) is 12.9. The Morgan fingerprint density at radius 2 is 2.12 bits per heavy atom. The Balaban J connectivity index is 1.92. The predicted molar refractivity (Wildman–Crippen MR) is 61.9 cm³/mol. The lowest BCUT2D eigenvalue weighted by Gasteiger charge is -2.27. The van der Waals surface area contributed by atoms with Gasteiger partial charge in [-0.05, 0) is 18.4 Å². The molecular formula is C13H17NO2. The number of benzene rings is 1. The third-order valence-corrected chi connectivity index (χ3v) is 3.02. The number of amides is 1. The summed E-state index contributed by atoms with van der Waals surface area (Å²) in [5.74, 6) is 0.0587. The van der Waals surface area contributed by atoms with Gasteiger partial charge < -0.3 is 10.4 Å². The second-order valence-electron chi connectivity index (χ2n) is 4.32. The third kappa shape index (κ3) is 2.83.